The van der Waals surface area contributed by atoms with E-state index >= 15 is 0 Å². The second-order valence-electron chi connectivity index (χ2n) is 10.6. The third-order valence-corrected chi connectivity index (χ3v) is 6.35. The van der Waals surface area contributed by atoms with Crippen molar-refractivity contribution in [2.75, 3.05) is 59.3 Å². The first-order chi connectivity index (χ1) is 24.5. The Labute approximate surface area is 295 Å². The molecule has 0 fully saturated rings. The number of hydrogen-bond donors (Lipinski definition) is 15. The van der Waals surface area contributed by atoms with Gasteiger partial charge in [0.1, 0.15) is 42.0 Å². The molecule has 0 saturated heterocycles. The van der Waals surface area contributed by atoms with Gasteiger partial charge in [-0.15, -0.1) is 0 Å². The van der Waals surface area contributed by atoms with E-state index in [1.165, 1.54) is 6.92 Å². The van der Waals surface area contributed by atoms with Crippen molar-refractivity contribution in [1.29, 1.82) is 0 Å². The molecule has 15 N–H and O–H groups in total. The molecular weight excluding hydrogens is 706 g/mol. The van der Waals surface area contributed by atoms with Gasteiger partial charge < -0.3 is 78.5 Å². The highest BCUT2D eigenvalue weighted by atomic mass is 16.3. The molecule has 6 atom stereocenters. The maximum Gasteiger partial charge on any atom is 0.245 e. The summed E-state index contributed by atoms with van der Waals surface area (Å²) in [5, 5.41) is 75.2. The molecule has 25 nitrogen and oxygen atoms in total. The largest absolute Gasteiger partial charge is 0.394 e. The molecule has 9 amide bonds. The minimum atomic E-state index is -1.75. The van der Waals surface area contributed by atoms with Crippen LogP contribution in [0.4, 0.5) is 0 Å². The van der Waals surface area contributed by atoms with Gasteiger partial charge >= 0.3 is 0 Å². The number of aliphatic hydroxyl groups excluding tert-OH is 6. The van der Waals surface area contributed by atoms with Crippen LogP contribution in [0.5, 0.6) is 0 Å². The Morgan fingerprint density at radius 3 is 0.865 bits per heavy atom. The number of carbonyl (C=O) groups is 10. The predicted octanol–water partition coefficient (Wildman–Crippen LogP) is -11.2. The third-order valence-electron chi connectivity index (χ3n) is 6.35. The molecule has 0 saturated carbocycles. The number of amides is 9. The molecule has 0 aliphatic rings. The van der Waals surface area contributed by atoms with E-state index in [1.54, 1.807) is 0 Å². The Morgan fingerprint density at radius 2 is 0.615 bits per heavy atom. The normalized spacial score (nSPS) is 14.0. The fraction of sp³-hybridized carbons (Fsp3) is 0.630. The first kappa shape index (κ1) is 46.7. The molecular formula is C27H45N9O16. The van der Waals surface area contributed by atoms with Gasteiger partial charge in [-0.1, -0.05) is 0 Å². The second kappa shape index (κ2) is 24.7. The van der Waals surface area contributed by atoms with Crippen LogP contribution in [-0.2, 0) is 47.9 Å². The van der Waals surface area contributed by atoms with Crippen molar-refractivity contribution in [3.05, 3.63) is 0 Å². The molecule has 6 unspecified atom stereocenters. The van der Waals surface area contributed by atoms with Gasteiger partial charge in [-0.25, -0.2) is 0 Å². The van der Waals surface area contributed by atoms with Gasteiger partial charge in [0, 0.05) is 6.92 Å². The van der Waals surface area contributed by atoms with Crippen LogP contribution in [0, 0.1) is 0 Å². The van der Waals surface area contributed by atoms with E-state index in [9.17, 15) is 78.6 Å². The first-order valence-electron chi connectivity index (χ1n) is 15.2. The number of hydrogen-bond acceptors (Lipinski definition) is 16. The summed E-state index contributed by atoms with van der Waals surface area (Å²) in [7, 11) is 0. The summed E-state index contributed by atoms with van der Waals surface area (Å²) < 4.78 is 0. The van der Waals surface area contributed by atoms with E-state index in [0.29, 0.717) is 0 Å². The Balaban J connectivity index is 5.04. The van der Waals surface area contributed by atoms with Gasteiger partial charge in [-0.2, -0.15) is 0 Å². The van der Waals surface area contributed by atoms with Gasteiger partial charge in [0.15, 0.2) is 0 Å². The van der Waals surface area contributed by atoms with Gasteiger partial charge in [0.05, 0.1) is 59.3 Å². The Kier molecular flexibility index (Phi) is 22.2. The molecule has 0 rings (SSSR count). The number of nitrogens with one attached hydrogen (secondary N) is 9. The van der Waals surface area contributed by atoms with Gasteiger partial charge in [-0.3, -0.25) is 47.9 Å². The lowest BCUT2D eigenvalue weighted by molar-refractivity contribution is -0.135. The van der Waals surface area contributed by atoms with Crippen LogP contribution in [0.3, 0.4) is 0 Å². The van der Waals surface area contributed by atoms with E-state index < -0.39 is 148 Å². The van der Waals surface area contributed by atoms with Gasteiger partial charge in [0.2, 0.25) is 53.2 Å². The predicted molar refractivity (Wildman–Crippen MR) is 169 cm³/mol. The van der Waals surface area contributed by atoms with Crippen LogP contribution < -0.4 is 47.9 Å². The first-order valence-corrected chi connectivity index (χ1v) is 15.2. The average molecular weight is 752 g/mol. The highest BCUT2D eigenvalue weighted by Crippen LogP contribution is 1.93. The van der Waals surface area contributed by atoms with E-state index in [4.69, 9.17) is 0 Å². The molecule has 0 aliphatic heterocycles. The average Bonchev–Trinajstić information content (AvgIpc) is 3.11. The molecule has 0 heterocycles. The Bertz CT molecular complexity index is 1300. The SMILES string of the molecule is CC(=O)CNC(=O)C(CO)NC(=O)C(CO)NC(=O)CNC(=O)C(CO)NC(=O)C(CO)NC(=O)CNC(=O)C(CO)NC(=O)C(CO)NC(C)=O. The molecule has 25 heteroatoms. The highest BCUT2D eigenvalue weighted by molar-refractivity contribution is 5.97. The summed E-state index contributed by atoms with van der Waals surface area (Å²) in [6, 6.07) is -9.79. The highest BCUT2D eigenvalue weighted by Gasteiger charge is 2.30. The summed E-state index contributed by atoms with van der Waals surface area (Å²) in [4.78, 5) is 121. The molecule has 294 valence electrons. The standard InChI is InChI=1S/C27H45N9O16/c1-12(43)3-28-22(47)14(6-37)35-26(51)18(10-41)32-21(46)5-30-24(49)16(8-39)36-27(52)19(11-42)33-20(45)4-29-23(48)15(7-38)34-25(50)17(9-40)31-13(2)44/h14-19,37-42H,3-11H2,1-2H3,(H,28,47)(H,29,48)(H,30,49)(H,31,44)(H,32,46)(H,33,45)(H,34,50)(H,35,51)(H,36,52). The zero-order chi connectivity index (χ0) is 40.0. The molecule has 52 heavy (non-hydrogen) atoms. The van der Waals surface area contributed by atoms with Crippen molar-refractivity contribution in [2.24, 2.45) is 0 Å². The Morgan fingerprint density at radius 1 is 0.365 bits per heavy atom. The minimum Gasteiger partial charge on any atom is -0.394 e. The number of carbonyl (C=O) groups excluding carboxylic acids is 10. The van der Waals surface area contributed by atoms with Crippen LogP contribution >= 0.6 is 0 Å². The molecule has 0 aliphatic carbocycles. The lowest BCUT2D eigenvalue weighted by atomic mass is 10.2. The second-order valence-corrected chi connectivity index (χ2v) is 10.6. The molecule has 0 aromatic carbocycles. The number of aliphatic hydroxyl groups is 6. The van der Waals surface area contributed by atoms with Crippen LogP contribution in [0.1, 0.15) is 13.8 Å². The van der Waals surface area contributed by atoms with Crippen molar-refractivity contribution >= 4 is 58.9 Å². The van der Waals surface area contributed by atoms with Crippen LogP contribution in [0.2, 0.25) is 0 Å². The molecule has 0 radical (unpaired) electrons. The van der Waals surface area contributed by atoms with Crippen molar-refractivity contribution in [3.63, 3.8) is 0 Å². The summed E-state index contributed by atoms with van der Waals surface area (Å²) in [5.41, 5.74) is 0. The quantitative estimate of drug-likeness (QED) is 0.0435. The molecule has 0 aromatic heterocycles. The number of rotatable bonds is 24. The van der Waals surface area contributed by atoms with E-state index in [1.807, 2.05) is 26.6 Å². The summed E-state index contributed by atoms with van der Waals surface area (Å²) in [6.45, 7) is -5.65. The van der Waals surface area contributed by atoms with Crippen molar-refractivity contribution in [1.82, 2.24) is 47.9 Å². The molecule has 0 aromatic rings. The fourth-order valence-electron chi connectivity index (χ4n) is 3.63. The number of Topliss-reactive ketones (excluding diaryl/α,β-unsaturated/α-hetero) is 1. The third kappa shape index (κ3) is 17.5. The van der Waals surface area contributed by atoms with Crippen LogP contribution in [0.15, 0.2) is 0 Å². The topological polar surface area (TPSA) is 400 Å². The smallest absolute Gasteiger partial charge is 0.245 e. The van der Waals surface area contributed by atoms with Gasteiger partial charge in [0.25, 0.3) is 0 Å². The van der Waals surface area contributed by atoms with Crippen LogP contribution in [-0.4, -0.2) is 185 Å². The summed E-state index contributed by atoms with van der Waals surface area (Å²) >= 11 is 0. The van der Waals surface area contributed by atoms with Crippen molar-refractivity contribution in [2.45, 2.75) is 50.1 Å². The van der Waals surface area contributed by atoms with E-state index in [0.717, 1.165) is 6.92 Å². The maximum atomic E-state index is 12.6. The van der Waals surface area contributed by atoms with E-state index in [2.05, 4.69) is 21.3 Å². The monoisotopic (exact) mass is 751 g/mol. The zero-order valence-corrected chi connectivity index (χ0v) is 28.1. The van der Waals surface area contributed by atoms with E-state index in [-0.39, 0.29) is 6.54 Å². The van der Waals surface area contributed by atoms with Crippen LogP contribution in [0.25, 0.3) is 0 Å². The fourth-order valence-corrected chi connectivity index (χ4v) is 3.63. The minimum absolute atomic E-state index is 0.386. The van der Waals surface area contributed by atoms with Gasteiger partial charge in [-0.05, 0) is 6.92 Å². The van der Waals surface area contributed by atoms with Crippen molar-refractivity contribution in [3.8, 4) is 0 Å². The lowest BCUT2D eigenvalue weighted by Gasteiger charge is -2.22. The summed E-state index contributed by atoms with van der Waals surface area (Å²) in [5.74, 6) is -9.78. The molecule has 0 spiro atoms. The lowest BCUT2D eigenvalue weighted by Crippen LogP contribution is -2.59. The Hall–Kier alpha value is -5.34. The maximum absolute atomic E-state index is 12.6. The number of ketones is 1. The summed E-state index contributed by atoms with van der Waals surface area (Å²) in [6.07, 6.45) is 0. The van der Waals surface area contributed by atoms with Crippen molar-refractivity contribution < 1.29 is 78.6 Å². The zero-order valence-electron chi connectivity index (χ0n) is 28.1. The molecule has 0 bridgehead atoms.